The third kappa shape index (κ3) is 3.71. The number of nitrogens with zero attached hydrogens (tertiary/aromatic N) is 3. The summed E-state index contributed by atoms with van der Waals surface area (Å²) in [7, 11) is 0. The van der Waals surface area contributed by atoms with Crippen molar-refractivity contribution in [3.8, 4) is 17.0 Å². The summed E-state index contributed by atoms with van der Waals surface area (Å²) in [5.41, 5.74) is 2.99. The Bertz CT molecular complexity index is 1270. The van der Waals surface area contributed by atoms with Crippen LogP contribution in [0.25, 0.3) is 22.0 Å². The Morgan fingerprint density at radius 3 is 2.59 bits per heavy atom. The Kier molecular flexibility index (Phi) is 5.27. The minimum absolute atomic E-state index is 0.206. The van der Waals surface area contributed by atoms with Crippen LogP contribution in [-0.2, 0) is 0 Å². The highest BCUT2D eigenvalue weighted by atomic mass is 32.1. The topological polar surface area (TPSA) is 49.9 Å². The number of halogens is 1. The predicted molar refractivity (Wildman–Crippen MR) is 117 cm³/mol. The number of hydrogen-bond acceptors (Lipinski definition) is 4. The van der Waals surface area contributed by atoms with Crippen LogP contribution in [0.3, 0.4) is 0 Å². The fourth-order valence-electron chi connectivity index (χ4n) is 3.21. The van der Waals surface area contributed by atoms with Gasteiger partial charge in [-0.15, -0.1) is 11.3 Å². The number of rotatable bonds is 4. The average Bonchev–Trinajstić information content (AvgIpc) is 3.11. The number of thiazole rings is 1. The summed E-state index contributed by atoms with van der Waals surface area (Å²) >= 11 is 1.48. The first-order valence-electron chi connectivity index (χ1n) is 9.32. The predicted octanol–water partition coefficient (Wildman–Crippen LogP) is 5.41. The quantitative estimate of drug-likeness (QED) is 0.454. The Morgan fingerprint density at radius 2 is 1.83 bits per heavy atom. The standard InChI is InChI=1S/C23H20FN3OS/c1-3-25-23-27(21(14-29-23)17-8-11-18(24)12-9-17)26-15(2)19-13-10-16-6-4-5-7-20(16)22(19)28/h4-14,28H,3H2,1-2H3. The molecule has 1 heterocycles. The van der Waals surface area contributed by atoms with E-state index in [1.165, 1.54) is 23.5 Å². The molecule has 3 aromatic carbocycles. The molecule has 146 valence electrons. The van der Waals surface area contributed by atoms with Gasteiger partial charge in [-0.05, 0) is 49.6 Å². The monoisotopic (exact) mass is 405 g/mol. The van der Waals surface area contributed by atoms with E-state index < -0.39 is 0 Å². The Labute approximate surface area is 171 Å². The van der Waals surface area contributed by atoms with E-state index in [2.05, 4.69) is 4.99 Å². The van der Waals surface area contributed by atoms with Crippen LogP contribution >= 0.6 is 11.3 Å². The van der Waals surface area contributed by atoms with Gasteiger partial charge in [0.1, 0.15) is 11.6 Å². The summed E-state index contributed by atoms with van der Waals surface area (Å²) in [4.78, 5) is 5.27. The third-order valence-corrected chi connectivity index (χ3v) is 5.51. The average molecular weight is 405 g/mol. The third-order valence-electron chi connectivity index (χ3n) is 4.66. The first-order chi connectivity index (χ1) is 14.1. The van der Waals surface area contributed by atoms with Crippen LogP contribution in [-0.4, -0.2) is 22.0 Å². The highest BCUT2D eigenvalue weighted by molar-refractivity contribution is 7.07. The summed E-state index contributed by atoms with van der Waals surface area (Å²) in [6.45, 7) is 4.45. The number of phenols is 1. The summed E-state index contributed by atoms with van der Waals surface area (Å²) in [5.74, 6) is -0.0766. The fraction of sp³-hybridized carbons (Fsp3) is 0.130. The molecule has 0 spiro atoms. The van der Waals surface area contributed by atoms with E-state index >= 15 is 0 Å². The number of phenolic OH excluding ortho intramolecular Hbond substituents is 1. The van der Waals surface area contributed by atoms with Crippen LogP contribution in [0, 0.1) is 5.82 Å². The number of fused-ring (bicyclic) bond motifs is 1. The van der Waals surface area contributed by atoms with Gasteiger partial charge in [-0.1, -0.05) is 30.3 Å². The zero-order chi connectivity index (χ0) is 20.4. The lowest BCUT2D eigenvalue weighted by Crippen LogP contribution is -2.14. The highest BCUT2D eigenvalue weighted by Gasteiger charge is 2.12. The second-order valence-corrected chi connectivity index (χ2v) is 7.40. The summed E-state index contributed by atoms with van der Waals surface area (Å²) in [5, 5.41) is 19.3. The maximum atomic E-state index is 13.4. The number of aromatic nitrogens is 1. The molecule has 0 aliphatic heterocycles. The van der Waals surface area contributed by atoms with Crippen molar-refractivity contribution in [3.05, 3.63) is 82.2 Å². The molecule has 0 atom stereocenters. The minimum Gasteiger partial charge on any atom is -0.507 e. The zero-order valence-corrected chi connectivity index (χ0v) is 16.9. The van der Waals surface area contributed by atoms with Gasteiger partial charge in [-0.3, -0.25) is 4.99 Å². The second kappa shape index (κ2) is 8.01. The smallest absolute Gasteiger partial charge is 0.206 e. The van der Waals surface area contributed by atoms with Crippen LogP contribution < -0.4 is 4.80 Å². The SMILES string of the molecule is CCN=c1scc(-c2ccc(F)cc2)n1N=C(C)c1ccc2ccccc2c1O. The number of aromatic hydroxyl groups is 1. The van der Waals surface area contributed by atoms with Gasteiger partial charge in [-0.2, -0.15) is 5.10 Å². The summed E-state index contributed by atoms with van der Waals surface area (Å²) in [6, 6.07) is 17.8. The first-order valence-corrected chi connectivity index (χ1v) is 10.2. The fourth-order valence-corrected chi connectivity index (χ4v) is 4.11. The number of hydrogen-bond donors (Lipinski definition) is 1. The molecule has 4 rings (SSSR count). The largest absolute Gasteiger partial charge is 0.507 e. The molecule has 4 aromatic rings. The lowest BCUT2D eigenvalue weighted by atomic mass is 10.0. The molecule has 1 aromatic heterocycles. The molecule has 0 radical (unpaired) electrons. The van der Waals surface area contributed by atoms with E-state index in [1.54, 1.807) is 16.8 Å². The van der Waals surface area contributed by atoms with Gasteiger partial charge in [0, 0.05) is 28.4 Å². The Hall–Kier alpha value is -3.25. The summed E-state index contributed by atoms with van der Waals surface area (Å²) < 4.78 is 15.1. The molecule has 6 heteroatoms. The van der Waals surface area contributed by atoms with Crippen molar-refractivity contribution < 1.29 is 9.50 Å². The van der Waals surface area contributed by atoms with E-state index in [4.69, 9.17) is 5.10 Å². The molecule has 0 saturated carbocycles. The lowest BCUT2D eigenvalue weighted by Gasteiger charge is -2.09. The zero-order valence-electron chi connectivity index (χ0n) is 16.1. The van der Waals surface area contributed by atoms with E-state index in [0.29, 0.717) is 17.8 Å². The van der Waals surface area contributed by atoms with E-state index in [0.717, 1.165) is 26.8 Å². The molecular formula is C23H20FN3OS. The maximum absolute atomic E-state index is 13.4. The molecule has 0 aliphatic rings. The normalized spacial score (nSPS) is 12.7. The van der Waals surface area contributed by atoms with Crippen molar-refractivity contribution in [2.75, 3.05) is 6.54 Å². The molecule has 0 saturated heterocycles. The van der Waals surface area contributed by atoms with Gasteiger partial charge in [0.2, 0.25) is 4.80 Å². The lowest BCUT2D eigenvalue weighted by molar-refractivity contribution is 0.480. The van der Waals surface area contributed by atoms with Gasteiger partial charge in [0.05, 0.1) is 11.4 Å². The first kappa shape index (κ1) is 19.1. The van der Waals surface area contributed by atoms with Crippen LogP contribution in [0.1, 0.15) is 19.4 Å². The van der Waals surface area contributed by atoms with E-state index in [9.17, 15) is 9.50 Å². The van der Waals surface area contributed by atoms with E-state index in [1.807, 2.05) is 55.6 Å². The molecule has 0 unspecified atom stereocenters. The second-order valence-electron chi connectivity index (χ2n) is 6.56. The van der Waals surface area contributed by atoms with Crippen molar-refractivity contribution >= 4 is 27.8 Å². The van der Waals surface area contributed by atoms with Crippen molar-refractivity contribution in [3.63, 3.8) is 0 Å². The van der Waals surface area contributed by atoms with Crippen LogP contribution in [0.15, 0.2) is 76.1 Å². The van der Waals surface area contributed by atoms with Crippen LogP contribution in [0.2, 0.25) is 0 Å². The number of benzene rings is 3. The molecule has 4 nitrogen and oxygen atoms in total. The van der Waals surface area contributed by atoms with E-state index in [-0.39, 0.29) is 11.6 Å². The molecular weight excluding hydrogens is 385 g/mol. The minimum atomic E-state index is -0.283. The van der Waals surface area contributed by atoms with Gasteiger partial charge in [0.15, 0.2) is 0 Å². The van der Waals surface area contributed by atoms with Crippen molar-refractivity contribution in [1.82, 2.24) is 4.68 Å². The van der Waals surface area contributed by atoms with Crippen LogP contribution in [0.4, 0.5) is 4.39 Å². The van der Waals surface area contributed by atoms with Gasteiger partial charge in [-0.25, -0.2) is 9.07 Å². The molecule has 0 amide bonds. The van der Waals surface area contributed by atoms with Gasteiger partial charge in [0.25, 0.3) is 0 Å². The summed E-state index contributed by atoms with van der Waals surface area (Å²) in [6.07, 6.45) is 0. The van der Waals surface area contributed by atoms with Crippen LogP contribution in [0.5, 0.6) is 5.75 Å². The Morgan fingerprint density at radius 1 is 1.07 bits per heavy atom. The molecule has 0 fully saturated rings. The van der Waals surface area contributed by atoms with Crippen molar-refractivity contribution in [1.29, 1.82) is 0 Å². The van der Waals surface area contributed by atoms with Gasteiger partial charge < -0.3 is 5.11 Å². The molecule has 0 bridgehead atoms. The van der Waals surface area contributed by atoms with Gasteiger partial charge >= 0.3 is 0 Å². The highest BCUT2D eigenvalue weighted by Crippen LogP contribution is 2.29. The van der Waals surface area contributed by atoms with Crippen molar-refractivity contribution in [2.45, 2.75) is 13.8 Å². The maximum Gasteiger partial charge on any atom is 0.206 e. The van der Waals surface area contributed by atoms with Crippen molar-refractivity contribution in [2.24, 2.45) is 10.1 Å². The molecule has 29 heavy (non-hydrogen) atoms. The molecule has 0 aliphatic carbocycles. The Balaban J connectivity index is 1.87. The molecule has 1 N–H and O–H groups in total.